The highest BCUT2D eigenvalue weighted by molar-refractivity contribution is 5.92. The molecule has 0 atom stereocenters. The lowest BCUT2D eigenvalue weighted by Gasteiger charge is -2.36. The fourth-order valence-corrected chi connectivity index (χ4v) is 2.90. The van der Waals surface area contributed by atoms with Gasteiger partial charge in [-0.3, -0.25) is 14.6 Å². The SMILES string of the molecule is CN(C(=O)N1CCN(CC(=O)Nc2ccccc2)CC1)c1ccc(F)cn1. The molecule has 0 unspecified atom stereocenters. The summed E-state index contributed by atoms with van der Waals surface area (Å²) in [7, 11) is 1.61. The van der Waals surface area contributed by atoms with Crippen molar-refractivity contribution in [1.82, 2.24) is 14.8 Å². The zero-order valence-electron chi connectivity index (χ0n) is 15.1. The van der Waals surface area contributed by atoms with Crippen LogP contribution in [-0.2, 0) is 4.79 Å². The molecule has 1 aliphatic heterocycles. The summed E-state index contributed by atoms with van der Waals surface area (Å²) < 4.78 is 13.0. The van der Waals surface area contributed by atoms with E-state index in [-0.39, 0.29) is 18.5 Å². The molecule has 1 fully saturated rings. The highest BCUT2D eigenvalue weighted by Gasteiger charge is 2.25. The maximum Gasteiger partial charge on any atom is 0.325 e. The number of rotatable bonds is 4. The van der Waals surface area contributed by atoms with E-state index in [0.29, 0.717) is 32.0 Å². The highest BCUT2D eigenvalue weighted by atomic mass is 19.1. The van der Waals surface area contributed by atoms with Gasteiger partial charge in [0.25, 0.3) is 0 Å². The summed E-state index contributed by atoms with van der Waals surface area (Å²) in [5, 5.41) is 2.86. The third-order valence-electron chi connectivity index (χ3n) is 4.41. The van der Waals surface area contributed by atoms with Gasteiger partial charge in [-0.1, -0.05) is 18.2 Å². The molecule has 2 aromatic rings. The van der Waals surface area contributed by atoms with E-state index in [1.807, 2.05) is 35.2 Å². The number of nitrogens with zero attached hydrogens (tertiary/aromatic N) is 4. The Balaban J connectivity index is 1.47. The lowest BCUT2D eigenvalue weighted by Crippen LogP contribution is -2.53. The largest absolute Gasteiger partial charge is 0.325 e. The van der Waals surface area contributed by atoms with Crippen molar-refractivity contribution >= 4 is 23.4 Å². The third kappa shape index (κ3) is 5.01. The number of hydrogen-bond donors (Lipinski definition) is 1. The van der Waals surface area contributed by atoms with Crippen LogP contribution in [0.25, 0.3) is 0 Å². The van der Waals surface area contributed by atoms with Crippen LogP contribution in [0.1, 0.15) is 0 Å². The monoisotopic (exact) mass is 371 g/mol. The number of anilines is 2. The first-order valence-corrected chi connectivity index (χ1v) is 8.74. The average Bonchev–Trinajstić information content (AvgIpc) is 2.69. The van der Waals surface area contributed by atoms with Gasteiger partial charge in [0, 0.05) is 38.9 Å². The molecule has 1 N–H and O–H groups in total. The first-order valence-electron chi connectivity index (χ1n) is 8.74. The van der Waals surface area contributed by atoms with Crippen LogP contribution in [0.15, 0.2) is 48.7 Å². The summed E-state index contributed by atoms with van der Waals surface area (Å²) in [6.45, 7) is 2.54. The molecule has 1 saturated heterocycles. The summed E-state index contributed by atoms with van der Waals surface area (Å²) in [5.41, 5.74) is 0.768. The van der Waals surface area contributed by atoms with Gasteiger partial charge in [-0.15, -0.1) is 0 Å². The van der Waals surface area contributed by atoms with Crippen LogP contribution >= 0.6 is 0 Å². The summed E-state index contributed by atoms with van der Waals surface area (Å²) in [5.74, 6) is -0.123. The number of para-hydroxylation sites is 1. The molecule has 1 aromatic heterocycles. The van der Waals surface area contributed by atoms with Gasteiger partial charge in [0.1, 0.15) is 11.6 Å². The number of piperazine rings is 1. The third-order valence-corrected chi connectivity index (χ3v) is 4.41. The number of aromatic nitrogens is 1. The Hall–Kier alpha value is -3.00. The van der Waals surface area contributed by atoms with Gasteiger partial charge in [0.05, 0.1) is 12.7 Å². The van der Waals surface area contributed by atoms with Crippen LogP contribution in [0.2, 0.25) is 0 Å². The van der Waals surface area contributed by atoms with Crippen molar-refractivity contribution in [2.45, 2.75) is 0 Å². The first-order chi connectivity index (χ1) is 13.0. The Morgan fingerprint density at radius 3 is 2.44 bits per heavy atom. The van der Waals surface area contributed by atoms with Gasteiger partial charge >= 0.3 is 6.03 Å². The van der Waals surface area contributed by atoms with E-state index in [9.17, 15) is 14.0 Å². The standard InChI is InChI=1S/C19H22FN5O2/c1-23(17-8-7-15(20)13-21-17)19(27)25-11-9-24(10-12-25)14-18(26)22-16-5-3-2-4-6-16/h2-8,13H,9-12,14H2,1H3,(H,22,26). The van der Waals surface area contributed by atoms with Crippen molar-refractivity contribution in [2.75, 3.05) is 50.0 Å². The number of pyridine rings is 1. The predicted molar refractivity (Wildman–Crippen MR) is 101 cm³/mol. The second kappa shape index (κ2) is 8.59. The van der Waals surface area contributed by atoms with E-state index in [1.165, 1.54) is 17.0 Å². The van der Waals surface area contributed by atoms with Crippen LogP contribution in [0.5, 0.6) is 0 Å². The molecule has 142 valence electrons. The number of amides is 3. The molecule has 27 heavy (non-hydrogen) atoms. The van der Waals surface area contributed by atoms with E-state index >= 15 is 0 Å². The van der Waals surface area contributed by atoms with E-state index in [0.717, 1.165) is 11.9 Å². The van der Waals surface area contributed by atoms with E-state index < -0.39 is 5.82 Å². The molecule has 0 radical (unpaired) electrons. The van der Waals surface area contributed by atoms with Crippen LogP contribution in [-0.4, -0.2) is 66.5 Å². The molecule has 1 aromatic carbocycles. The number of benzene rings is 1. The molecular formula is C19H22FN5O2. The predicted octanol–water partition coefficient (Wildman–Crippen LogP) is 2.03. The normalized spacial score (nSPS) is 14.7. The minimum absolute atomic E-state index is 0.0754. The fraction of sp³-hybridized carbons (Fsp3) is 0.316. The molecule has 1 aliphatic rings. The number of urea groups is 1. The molecule has 7 nitrogen and oxygen atoms in total. The van der Waals surface area contributed by atoms with E-state index in [4.69, 9.17) is 0 Å². The molecule has 3 rings (SSSR count). The Labute approximate surface area is 157 Å². The lowest BCUT2D eigenvalue weighted by molar-refractivity contribution is -0.117. The van der Waals surface area contributed by atoms with Crippen molar-refractivity contribution in [3.63, 3.8) is 0 Å². The lowest BCUT2D eigenvalue weighted by atomic mass is 10.3. The smallest absolute Gasteiger partial charge is 0.325 e. The molecule has 3 amide bonds. The van der Waals surface area contributed by atoms with E-state index in [1.54, 1.807) is 11.9 Å². The van der Waals surface area contributed by atoms with Crippen molar-refractivity contribution in [1.29, 1.82) is 0 Å². The van der Waals surface area contributed by atoms with Crippen LogP contribution in [0, 0.1) is 5.82 Å². The quantitative estimate of drug-likeness (QED) is 0.893. The number of hydrogen-bond acceptors (Lipinski definition) is 4. The maximum atomic E-state index is 13.0. The van der Waals surface area contributed by atoms with Gasteiger partial charge in [0.15, 0.2) is 0 Å². The van der Waals surface area contributed by atoms with Crippen LogP contribution in [0.3, 0.4) is 0 Å². The first kappa shape index (κ1) is 18.8. The highest BCUT2D eigenvalue weighted by Crippen LogP contribution is 2.13. The summed E-state index contributed by atoms with van der Waals surface area (Å²) >= 11 is 0. The topological polar surface area (TPSA) is 68.8 Å². The average molecular weight is 371 g/mol. The van der Waals surface area contributed by atoms with Gasteiger partial charge in [-0.2, -0.15) is 0 Å². The van der Waals surface area contributed by atoms with Crippen molar-refractivity contribution < 1.29 is 14.0 Å². The Kier molecular flexibility index (Phi) is 5.97. The van der Waals surface area contributed by atoms with Gasteiger partial charge < -0.3 is 10.2 Å². The minimum Gasteiger partial charge on any atom is -0.325 e. The number of carbonyl (C=O) groups excluding carboxylic acids is 2. The van der Waals surface area contributed by atoms with Crippen molar-refractivity contribution in [3.05, 3.63) is 54.5 Å². The van der Waals surface area contributed by atoms with E-state index in [2.05, 4.69) is 10.3 Å². The Morgan fingerprint density at radius 1 is 1.11 bits per heavy atom. The summed E-state index contributed by atoms with van der Waals surface area (Å²) in [6.07, 6.45) is 1.09. The van der Waals surface area contributed by atoms with Crippen molar-refractivity contribution in [2.24, 2.45) is 0 Å². The fourth-order valence-electron chi connectivity index (χ4n) is 2.90. The Morgan fingerprint density at radius 2 is 1.81 bits per heavy atom. The molecule has 8 heteroatoms. The Bertz CT molecular complexity index is 776. The minimum atomic E-state index is -0.443. The second-order valence-electron chi connectivity index (χ2n) is 6.35. The van der Waals surface area contributed by atoms with Gasteiger partial charge in [-0.25, -0.2) is 14.2 Å². The summed E-state index contributed by atoms with van der Waals surface area (Å²) in [6, 6.07) is 11.9. The number of halogens is 1. The molecule has 0 aliphatic carbocycles. The van der Waals surface area contributed by atoms with Crippen LogP contribution in [0.4, 0.5) is 20.7 Å². The summed E-state index contributed by atoms with van der Waals surface area (Å²) in [4.78, 5) is 33.8. The zero-order valence-corrected chi connectivity index (χ0v) is 15.1. The molecule has 0 saturated carbocycles. The molecule has 0 spiro atoms. The second-order valence-corrected chi connectivity index (χ2v) is 6.35. The maximum absolute atomic E-state index is 13.0. The number of carbonyl (C=O) groups is 2. The van der Waals surface area contributed by atoms with Gasteiger partial charge in [-0.05, 0) is 24.3 Å². The number of nitrogens with one attached hydrogen (secondary N) is 1. The van der Waals surface area contributed by atoms with Crippen molar-refractivity contribution in [3.8, 4) is 0 Å². The van der Waals surface area contributed by atoms with Gasteiger partial charge in [0.2, 0.25) is 5.91 Å². The zero-order chi connectivity index (χ0) is 19.2. The molecule has 2 heterocycles. The molecule has 0 bridgehead atoms. The van der Waals surface area contributed by atoms with Crippen LogP contribution < -0.4 is 10.2 Å². The molecular weight excluding hydrogens is 349 g/mol.